The van der Waals surface area contributed by atoms with Gasteiger partial charge in [0, 0.05) is 64.4 Å². The number of hydrogen-bond donors (Lipinski definition) is 0. The second-order valence-electron chi connectivity index (χ2n) is 4.61. The molecule has 0 N–H and O–H groups in total. The van der Waals surface area contributed by atoms with Gasteiger partial charge < -0.3 is 17.2 Å². The van der Waals surface area contributed by atoms with Gasteiger partial charge in [-0.15, -0.1) is 0 Å². The SMILES string of the molecule is CN(C)c1ccncc1.CN(C)c1ccncc1.C[CH]=[Ru]([Cl])[Cl].[CH3-]. The Labute approximate surface area is 160 Å². The molecule has 0 bridgehead atoms. The number of pyridine rings is 2. The summed E-state index contributed by atoms with van der Waals surface area (Å²) in [5, 5.41) is 0. The summed E-state index contributed by atoms with van der Waals surface area (Å²) in [4.78, 5) is 11.9. The fourth-order valence-corrected chi connectivity index (χ4v) is 1.28. The van der Waals surface area contributed by atoms with Crippen molar-refractivity contribution in [3.63, 3.8) is 0 Å². The van der Waals surface area contributed by atoms with Crippen molar-refractivity contribution in [3.05, 3.63) is 56.5 Å². The van der Waals surface area contributed by atoms with Gasteiger partial charge in [0.05, 0.1) is 0 Å². The van der Waals surface area contributed by atoms with Gasteiger partial charge in [-0.3, -0.25) is 9.97 Å². The molecule has 0 aliphatic rings. The summed E-state index contributed by atoms with van der Waals surface area (Å²) in [5.74, 6) is 0. The van der Waals surface area contributed by atoms with Crippen LogP contribution in [0.5, 0.6) is 0 Å². The number of aromatic nitrogens is 2. The first-order chi connectivity index (χ1) is 10.9. The van der Waals surface area contributed by atoms with Gasteiger partial charge in [0.25, 0.3) is 0 Å². The summed E-state index contributed by atoms with van der Waals surface area (Å²) >= 11 is -1.36. The van der Waals surface area contributed by atoms with E-state index in [4.69, 9.17) is 19.4 Å². The molecule has 0 unspecified atom stereocenters. The van der Waals surface area contributed by atoms with Crippen molar-refractivity contribution in [2.45, 2.75) is 6.92 Å². The third kappa shape index (κ3) is 13.4. The molecule has 0 aromatic carbocycles. The van der Waals surface area contributed by atoms with Gasteiger partial charge in [0.2, 0.25) is 0 Å². The van der Waals surface area contributed by atoms with Gasteiger partial charge >= 0.3 is 44.4 Å². The number of hydrogen-bond acceptors (Lipinski definition) is 4. The molecule has 2 aromatic rings. The van der Waals surface area contributed by atoms with Crippen molar-refractivity contribution in [2.24, 2.45) is 0 Å². The summed E-state index contributed by atoms with van der Waals surface area (Å²) in [7, 11) is 18.7. The molecule has 0 saturated heterocycles. The smallest absolute Gasteiger partial charge is 0.358 e. The topological polar surface area (TPSA) is 32.3 Å². The molecule has 2 aromatic heterocycles. The van der Waals surface area contributed by atoms with Crippen LogP contribution in [0.1, 0.15) is 6.92 Å². The minimum absolute atomic E-state index is 0. The maximum atomic E-state index is 5.32. The zero-order valence-corrected chi connectivity index (χ0v) is 18.3. The number of anilines is 2. The number of nitrogens with zero attached hydrogens (tertiary/aromatic N) is 4. The molecule has 0 aliphatic heterocycles. The Morgan fingerprint density at radius 1 is 0.792 bits per heavy atom. The van der Waals surface area contributed by atoms with Crippen LogP contribution in [0.4, 0.5) is 11.4 Å². The van der Waals surface area contributed by atoms with Crippen molar-refractivity contribution in [1.82, 2.24) is 9.97 Å². The van der Waals surface area contributed by atoms with Gasteiger partial charge in [-0.2, -0.15) is 0 Å². The number of rotatable bonds is 2. The van der Waals surface area contributed by atoms with Crippen LogP contribution in [-0.4, -0.2) is 42.8 Å². The standard InChI is InChI=1S/2C7H10N2.C2H4.CH3.2ClH.Ru/c2*1-9(2)7-3-5-8-6-4-7;1-2;;;;/h2*3-6H,1-2H3;1H,2H3;1H3;2*1H;/q;;;-1;;;+2/p-2. The van der Waals surface area contributed by atoms with Crippen LogP contribution >= 0.6 is 19.4 Å². The first-order valence-corrected chi connectivity index (χ1v) is 12.3. The Balaban J connectivity index is 0. The number of halogens is 2. The zero-order chi connectivity index (χ0) is 17.7. The summed E-state index contributed by atoms with van der Waals surface area (Å²) in [6.45, 7) is 1.87. The fraction of sp³-hybridized carbons (Fsp3) is 0.294. The van der Waals surface area contributed by atoms with E-state index >= 15 is 0 Å². The molecule has 2 rings (SSSR count). The average molecular weight is 459 g/mol. The molecule has 2 heterocycles. The molecule has 0 fully saturated rings. The van der Waals surface area contributed by atoms with Gasteiger partial charge in [-0.1, -0.05) is 0 Å². The molecular formula is C17H27Cl2N4Ru-. The summed E-state index contributed by atoms with van der Waals surface area (Å²) in [6.07, 6.45) is 7.15. The van der Waals surface area contributed by atoms with E-state index in [2.05, 4.69) is 9.97 Å². The average Bonchev–Trinajstić information content (AvgIpc) is 2.57. The molecule has 0 radical (unpaired) electrons. The quantitative estimate of drug-likeness (QED) is 0.490. The van der Waals surface area contributed by atoms with Crippen LogP contribution in [-0.2, 0) is 13.5 Å². The van der Waals surface area contributed by atoms with E-state index in [1.807, 2.05) is 73.8 Å². The van der Waals surface area contributed by atoms with Crippen LogP contribution in [0.2, 0.25) is 0 Å². The zero-order valence-electron chi connectivity index (χ0n) is 15.1. The maximum absolute atomic E-state index is 5.32. The van der Waals surface area contributed by atoms with Crippen molar-refractivity contribution >= 4 is 35.4 Å². The Kier molecular flexibility index (Phi) is 16.3. The van der Waals surface area contributed by atoms with E-state index in [9.17, 15) is 0 Å². The molecule has 7 heteroatoms. The molecule has 0 saturated carbocycles. The Morgan fingerprint density at radius 3 is 1.17 bits per heavy atom. The van der Waals surface area contributed by atoms with E-state index in [1.54, 1.807) is 24.8 Å². The van der Waals surface area contributed by atoms with E-state index in [-0.39, 0.29) is 7.43 Å². The molecule has 4 nitrogen and oxygen atoms in total. The predicted octanol–water partition coefficient (Wildman–Crippen LogP) is 4.48. The third-order valence-corrected chi connectivity index (χ3v) is 5.10. The van der Waals surface area contributed by atoms with Crippen molar-refractivity contribution in [3.8, 4) is 0 Å². The van der Waals surface area contributed by atoms with Crippen molar-refractivity contribution in [2.75, 3.05) is 38.0 Å². The van der Waals surface area contributed by atoms with Gasteiger partial charge in [0.1, 0.15) is 0 Å². The van der Waals surface area contributed by atoms with Gasteiger partial charge in [-0.25, -0.2) is 0 Å². The summed E-state index contributed by atoms with van der Waals surface area (Å²) in [5.41, 5.74) is 2.37. The van der Waals surface area contributed by atoms with Gasteiger partial charge in [0.15, 0.2) is 0 Å². The van der Waals surface area contributed by atoms with Crippen LogP contribution in [0.15, 0.2) is 49.1 Å². The molecular weight excluding hydrogens is 432 g/mol. The third-order valence-electron chi connectivity index (χ3n) is 2.51. The largest absolute Gasteiger partial charge is 0.358 e. The van der Waals surface area contributed by atoms with Crippen molar-refractivity contribution < 1.29 is 13.5 Å². The van der Waals surface area contributed by atoms with Crippen LogP contribution in [0.25, 0.3) is 0 Å². The first kappa shape index (κ1) is 25.2. The fourth-order valence-electron chi connectivity index (χ4n) is 1.28. The minimum Gasteiger partial charge on any atom is -0.358 e. The van der Waals surface area contributed by atoms with Crippen molar-refractivity contribution in [1.29, 1.82) is 0 Å². The summed E-state index contributed by atoms with van der Waals surface area (Å²) in [6, 6.07) is 7.89. The molecule has 0 amide bonds. The molecule has 24 heavy (non-hydrogen) atoms. The van der Waals surface area contributed by atoms with Crippen LogP contribution in [0.3, 0.4) is 0 Å². The van der Waals surface area contributed by atoms with E-state index < -0.39 is 13.5 Å². The normalized spacial score (nSPS) is 9.04. The minimum atomic E-state index is -1.36. The Bertz CT molecular complexity index is 502. The Morgan fingerprint density at radius 2 is 1.04 bits per heavy atom. The van der Waals surface area contributed by atoms with Gasteiger partial charge in [-0.05, 0) is 24.3 Å². The van der Waals surface area contributed by atoms with Crippen LogP contribution in [0, 0.1) is 7.43 Å². The monoisotopic (exact) mass is 459 g/mol. The molecule has 0 atom stereocenters. The Hall–Kier alpha value is -1.03. The summed E-state index contributed by atoms with van der Waals surface area (Å²) < 4.78 is 1.84. The maximum Gasteiger partial charge on any atom is -0.358 e. The van der Waals surface area contributed by atoms with Crippen LogP contribution < -0.4 is 9.80 Å². The predicted molar refractivity (Wildman–Crippen MR) is 107 cm³/mol. The molecule has 138 valence electrons. The molecule has 0 spiro atoms. The second kappa shape index (κ2) is 15.5. The van der Waals surface area contributed by atoms with E-state index in [0.29, 0.717) is 0 Å². The van der Waals surface area contributed by atoms with E-state index in [0.717, 1.165) is 0 Å². The first-order valence-electron chi connectivity index (χ1n) is 6.81. The van der Waals surface area contributed by atoms with E-state index in [1.165, 1.54) is 11.4 Å². The second-order valence-corrected chi connectivity index (χ2v) is 10.8. The molecule has 0 aliphatic carbocycles.